The molecule has 5 heteroatoms. The van der Waals surface area contributed by atoms with Crippen molar-refractivity contribution in [1.29, 1.82) is 0 Å². The molecule has 2 rings (SSSR count). The van der Waals surface area contributed by atoms with Crippen molar-refractivity contribution in [3.8, 4) is 0 Å². The van der Waals surface area contributed by atoms with E-state index in [1.807, 2.05) is 0 Å². The second-order valence-corrected chi connectivity index (χ2v) is 5.08. The third kappa shape index (κ3) is 3.78. The normalized spacial score (nSPS) is 13.5. The highest BCUT2D eigenvalue weighted by atomic mass is 19.1. The van der Waals surface area contributed by atoms with Crippen molar-refractivity contribution in [3.63, 3.8) is 0 Å². The average molecular weight is 291 g/mol. The van der Waals surface area contributed by atoms with Crippen LogP contribution in [0.5, 0.6) is 0 Å². The second kappa shape index (κ2) is 5.91. The van der Waals surface area contributed by atoms with Crippen molar-refractivity contribution in [2.45, 2.75) is 18.9 Å². The van der Waals surface area contributed by atoms with Crippen LogP contribution >= 0.6 is 0 Å². The molecule has 0 aliphatic heterocycles. The van der Waals surface area contributed by atoms with Crippen molar-refractivity contribution in [3.05, 3.63) is 65.7 Å². The van der Waals surface area contributed by atoms with Gasteiger partial charge in [0.25, 0.3) is 0 Å². The van der Waals surface area contributed by atoms with E-state index >= 15 is 0 Å². The van der Waals surface area contributed by atoms with Crippen LogP contribution in [0.4, 0.5) is 14.5 Å². The molecular weight excluding hydrogens is 276 g/mol. The van der Waals surface area contributed by atoms with E-state index in [2.05, 4.69) is 5.32 Å². The molecule has 0 saturated carbocycles. The largest absolute Gasteiger partial charge is 0.480 e. The molecule has 21 heavy (non-hydrogen) atoms. The van der Waals surface area contributed by atoms with E-state index in [9.17, 15) is 18.7 Å². The molecule has 0 aliphatic rings. The topological polar surface area (TPSA) is 49.3 Å². The highest BCUT2D eigenvalue weighted by molar-refractivity contribution is 5.82. The molecule has 1 unspecified atom stereocenters. The van der Waals surface area contributed by atoms with Gasteiger partial charge in [0.15, 0.2) is 0 Å². The molecule has 0 fully saturated rings. The summed E-state index contributed by atoms with van der Waals surface area (Å²) < 4.78 is 26.1. The summed E-state index contributed by atoms with van der Waals surface area (Å²) in [5, 5.41) is 12.3. The number of anilines is 1. The number of carbonyl (C=O) groups is 1. The highest BCUT2D eigenvalue weighted by Crippen LogP contribution is 2.21. The zero-order chi connectivity index (χ0) is 15.5. The fourth-order valence-corrected chi connectivity index (χ4v) is 2.07. The molecule has 0 heterocycles. The third-order valence-electron chi connectivity index (χ3n) is 3.19. The summed E-state index contributed by atoms with van der Waals surface area (Å²) in [6.45, 7) is 1.50. The Morgan fingerprint density at radius 2 is 1.81 bits per heavy atom. The van der Waals surface area contributed by atoms with E-state index < -0.39 is 17.3 Å². The summed E-state index contributed by atoms with van der Waals surface area (Å²) in [5.41, 5.74) is -0.279. The van der Waals surface area contributed by atoms with Gasteiger partial charge in [-0.05, 0) is 42.8 Å². The molecule has 0 saturated heterocycles. The molecule has 0 bridgehead atoms. The standard InChI is InChI=1S/C16H15F2NO2/c1-16(15(20)21,10-11-5-7-12(17)8-6-11)19-14-4-2-3-13(18)9-14/h2-9,19H,10H2,1H3,(H,20,21). The summed E-state index contributed by atoms with van der Waals surface area (Å²) in [6, 6.07) is 11.2. The molecule has 0 amide bonds. The number of carboxylic acid groups (broad SMARTS) is 1. The van der Waals surface area contributed by atoms with Gasteiger partial charge in [-0.2, -0.15) is 0 Å². The maximum Gasteiger partial charge on any atom is 0.329 e. The Hall–Kier alpha value is -2.43. The summed E-state index contributed by atoms with van der Waals surface area (Å²) in [6.07, 6.45) is 0.138. The fourth-order valence-electron chi connectivity index (χ4n) is 2.07. The van der Waals surface area contributed by atoms with Gasteiger partial charge < -0.3 is 10.4 Å². The van der Waals surface area contributed by atoms with Crippen LogP contribution in [0.25, 0.3) is 0 Å². The Morgan fingerprint density at radius 1 is 1.14 bits per heavy atom. The van der Waals surface area contributed by atoms with E-state index in [0.717, 1.165) is 0 Å². The highest BCUT2D eigenvalue weighted by Gasteiger charge is 2.33. The van der Waals surface area contributed by atoms with Crippen LogP contribution in [-0.2, 0) is 11.2 Å². The van der Waals surface area contributed by atoms with Gasteiger partial charge in [0, 0.05) is 12.1 Å². The maximum atomic E-state index is 13.2. The lowest BCUT2D eigenvalue weighted by Gasteiger charge is -2.27. The lowest BCUT2D eigenvalue weighted by molar-refractivity contribution is -0.141. The van der Waals surface area contributed by atoms with Gasteiger partial charge in [0.05, 0.1) is 0 Å². The van der Waals surface area contributed by atoms with Gasteiger partial charge in [-0.15, -0.1) is 0 Å². The first-order valence-electron chi connectivity index (χ1n) is 6.41. The van der Waals surface area contributed by atoms with Gasteiger partial charge in [-0.1, -0.05) is 18.2 Å². The molecule has 2 aromatic rings. The van der Waals surface area contributed by atoms with E-state index in [1.54, 1.807) is 6.07 Å². The SMILES string of the molecule is CC(Cc1ccc(F)cc1)(Nc1cccc(F)c1)C(=O)O. The van der Waals surface area contributed by atoms with Crippen molar-refractivity contribution >= 4 is 11.7 Å². The summed E-state index contributed by atoms with van der Waals surface area (Å²) in [4.78, 5) is 11.6. The number of benzene rings is 2. The number of halogens is 2. The first-order valence-corrected chi connectivity index (χ1v) is 6.41. The number of hydrogen-bond donors (Lipinski definition) is 2. The Kier molecular flexibility index (Phi) is 4.21. The maximum absolute atomic E-state index is 13.2. The van der Waals surface area contributed by atoms with E-state index in [0.29, 0.717) is 11.3 Å². The van der Waals surface area contributed by atoms with Crippen LogP contribution in [0.15, 0.2) is 48.5 Å². The van der Waals surface area contributed by atoms with Crippen LogP contribution in [0, 0.1) is 11.6 Å². The van der Waals surface area contributed by atoms with Crippen LogP contribution in [0.3, 0.4) is 0 Å². The van der Waals surface area contributed by atoms with Crippen molar-refractivity contribution < 1.29 is 18.7 Å². The molecule has 0 aromatic heterocycles. The molecule has 2 aromatic carbocycles. The van der Waals surface area contributed by atoms with E-state index in [-0.39, 0.29) is 12.2 Å². The van der Waals surface area contributed by atoms with Crippen LogP contribution < -0.4 is 5.32 Å². The van der Waals surface area contributed by atoms with Crippen LogP contribution in [-0.4, -0.2) is 16.6 Å². The number of nitrogens with one attached hydrogen (secondary N) is 1. The average Bonchev–Trinajstić information content (AvgIpc) is 2.41. The summed E-state index contributed by atoms with van der Waals surface area (Å²) in [7, 11) is 0. The molecule has 0 aliphatic carbocycles. The number of aliphatic carboxylic acids is 1. The van der Waals surface area contributed by atoms with Gasteiger partial charge in [0.1, 0.15) is 17.2 Å². The molecule has 1 atom stereocenters. The molecule has 3 nitrogen and oxygen atoms in total. The van der Waals surface area contributed by atoms with Gasteiger partial charge >= 0.3 is 5.97 Å². The van der Waals surface area contributed by atoms with Crippen molar-refractivity contribution in [1.82, 2.24) is 0 Å². The molecule has 0 radical (unpaired) electrons. The van der Waals surface area contributed by atoms with E-state index in [1.165, 1.54) is 49.4 Å². The molecule has 110 valence electrons. The quantitative estimate of drug-likeness (QED) is 0.887. The zero-order valence-electron chi connectivity index (χ0n) is 11.4. The predicted molar refractivity (Wildman–Crippen MR) is 76.2 cm³/mol. The minimum Gasteiger partial charge on any atom is -0.480 e. The number of rotatable bonds is 5. The lowest BCUT2D eigenvalue weighted by Crippen LogP contribution is -2.45. The monoisotopic (exact) mass is 291 g/mol. The summed E-state index contributed by atoms with van der Waals surface area (Å²) >= 11 is 0. The van der Waals surface area contributed by atoms with Gasteiger partial charge in [-0.3, -0.25) is 0 Å². The Morgan fingerprint density at radius 3 is 2.38 bits per heavy atom. The predicted octanol–water partition coefficient (Wildman–Crippen LogP) is 3.46. The first kappa shape index (κ1) is 15.0. The summed E-state index contributed by atoms with van der Waals surface area (Å²) in [5.74, 6) is -1.90. The zero-order valence-corrected chi connectivity index (χ0v) is 11.4. The first-order chi connectivity index (χ1) is 9.89. The molecule has 2 N–H and O–H groups in total. The van der Waals surface area contributed by atoms with Crippen LogP contribution in [0.1, 0.15) is 12.5 Å². The third-order valence-corrected chi connectivity index (χ3v) is 3.19. The van der Waals surface area contributed by atoms with E-state index in [4.69, 9.17) is 0 Å². The Labute approximate surface area is 121 Å². The molecule has 0 spiro atoms. The fraction of sp³-hybridized carbons (Fsp3) is 0.188. The minimum absolute atomic E-state index is 0.138. The molecular formula is C16H15F2NO2. The number of hydrogen-bond acceptors (Lipinski definition) is 2. The second-order valence-electron chi connectivity index (χ2n) is 5.08. The Bertz CT molecular complexity index is 643. The minimum atomic E-state index is -1.33. The van der Waals surface area contributed by atoms with Crippen molar-refractivity contribution in [2.75, 3.05) is 5.32 Å². The number of carboxylic acids is 1. The van der Waals surface area contributed by atoms with Gasteiger partial charge in [-0.25, -0.2) is 13.6 Å². The van der Waals surface area contributed by atoms with Crippen LogP contribution in [0.2, 0.25) is 0 Å². The smallest absolute Gasteiger partial charge is 0.329 e. The van der Waals surface area contributed by atoms with Gasteiger partial charge in [0.2, 0.25) is 0 Å². The lowest BCUT2D eigenvalue weighted by atomic mass is 9.92. The Balaban J connectivity index is 2.23. The van der Waals surface area contributed by atoms with Crippen molar-refractivity contribution in [2.24, 2.45) is 0 Å².